The van der Waals surface area contributed by atoms with Crippen molar-refractivity contribution in [2.24, 2.45) is 5.41 Å². The Morgan fingerprint density at radius 3 is 2.65 bits per heavy atom. The molecule has 102 valence electrons. The maximum atomic E-state index is 3.69. The van der Waals surface area contributed by atoms with Gasteiger partial charge in [-0.05, 0) is 52.2 Å². The summed E-state index contributed by atoms with van der Waals surface area (Å²) in [6.45, 7) is 10.4. The molecule has 0 aromatic carbocycles. The second kappa shape index (κ2) is 6.72. The van der Waals surface area contributed by atoms with Gasteiger partial charge >= 0.3 is 0 Å². The number of rotatable bonds is 7. The molecule has 2 unspecified atom stereocenters. The van der Waals surface area contributed by atoms with E-state index in [0.29, 0.717) is 11.5 Å². The van der Waals surface area contributed by atoms with Gasteiger partial charge in [0.05, 0.1) is 0 Å². The highest BCUT2D eigenvalue weighted by molar-refractivity contribution is 4.81. The average Bonchev–Trinajstić information content (AvgIpc) is 2.65. The second-order valence-electron chi connectivity index (χ2n) is 6.71. The Morgan fingerprint density at radius 2 is 2.12 bits per heavy atom. The molecular weight excluding hydrogens is 210 g/mol. The molecule has 1 aliphatic heterocycles. The van der Waals surface area contributed by atoms with E-state index in [0.717, 1.165) is 19.1 Å². The quantitative estimate of drug-likeness (QED) is 0.710. The van der Waals surface area contributed by atoms with Crippen LogP contribution in [0.3, 0.4) is 0 Å². The van der Waals surface area contributed by atoms with Gasteiger partial charge in [0.25, 0.3) is 0 Å². The minimum Gasteiger partial charge on any atom is -0.314 e. The van der Waals surface area contributed by atoms with Gasteiger partial charge in [-0.15, -0.1) is 0 Å². The van der Waals surface area contributed by atoms with Gasteiger partial charge in [0.15, 0.2) is 0 Å². The van der Waals surface area contributed by atoms with E-state index in [-0.39, 0.29) is 0 Å². The fraction of sp³-hybridized carbons (Fsp3) is 1.00. The molecule has 2 N–H and O–H groups in total. The minimum absolute atomic E-state index is 0.348. The standard InChI is InChI=1S/C14H31N3/c1-12(9-13-7-6-8-15-13)16-10-14(2,3)11-17(4)5/h12-13,15-16H,6-11H2,1-5H3. The maximum absolute atomic E-state index is 3.69. The van der Waals surface area contributed by atoms with Crippen molar-refractivity contribution in [3.63, 3.8) is 0 Å². The first kappa shape index (κ1) is 14.9. The van der Waals surface area contributed by atoms with Crippen LogP contribution in [0.15, 0.2) is 0 Å². The Kier molecular flexibility index (Phi) is 5.90. The summed E-state index contributed by atoms with van der Waals surface area (Å²) >= 11 is 0. The van der Waals surface area contributed by atoms with E-state index in [9.17, 15) is 0 Å². The molecule has 1 heterocycles. The van der Waals surface area contributed by atoms with Crippen molar-refractivity contribution in [1.82, 2.24) is 15.5 Å². The topological polar surface area (TPSA) is 27.3 Å². The van der Waals surface area contributed by atoms with Crippen LogP contribution < -0.4 is 10.6 Å². The highest BCUT2D eigenvalue weighted by Gasteiger charge is 2.21. The van der Waals surface area contributed by atoms with E-state index >= 15 is 0 Å². The molecule has 0 spiro atoms. The van der Waals surface area contributed by atoms with Gasteiger partial charge in [-0.3, -0.25) is 0 Å². The first-order valence-electron chi connectivity index (χ1n) is 7.00. The van der Waals surface area contributed by atoms with Crippen LogP contribution in [0.1, 0.15) is 40.0 Å². The Hall–Kier alpha value is -0.120. The molecule has 1 aliphatic rings. The molecule has 17 heavy (non-hydrogen) atoms. The molecule has 1 fully saturated rings. The molecule has 0 amide bonds. The van der Waals surface area contributed by atoms with Crippen LogP contribution in [0.25, 0.3) is 0 Å². The summed E-state index contributed by atoms with van der Waals surface area (Å²) in [6.07, 6.45) is 3.97. The molecular formula is C14H31N3. The van der Waals surface area contributed by atoms with Gasteiger partial charge in [-0.1, -0.05) is 13.8 Å². The van der Waals surface area contributed by atoms with Gasteiger partial charge < -0.3 is 15.5 Å². The summed E-state index contributed by atoms with van der Waals surface area (Å²) in [6, 6.07) is 1.36. The van der Waals surface area contributed by atoms with Crippen LogP contribution in [-0.2, 0) is 0 Å². The zero-order chi connectivity index (χ0) is 12.9. The summed E-state index contributed by atoms with van der Waals surface area (Å²) < 4.78 is 0. The third-order valence-electron chi connectivity index (χ3n) is 3.47. The average molecular weight is 241 g/mol. The van der Waals surface area contributed by atoms with E-state index in [4.69, 9.17) is 0 Å². The number of nitrogens with zero attached hydrogens (tertiary/aromatic N) is 1. The molecule has 0 bridgehead atoms. The highest BCUT2D eigenvalue weighted by Crippen LogP contribution is 2.16. The lowest BCUT2D eigenvalue weighted by Gasteiger charge is -2.30. The Morgan fingerprint density at radius 1 is 1.41 bits per heavy atom. The smallest absolute Gasteiger partial charge is 0.00822 e. The first-order chi connectivity index (χ1) is 7.89. The normalized spacial score (nSPS) is 23.3. The van der Waals surface area contributed by atoms with Gasteiger partial charge in [0.1, 0.15) is 0 Å². The van der Waals surface area contributed by atoms with Crippen molar-refractivity contribution in [2.45, 2.75) is 52.1 Å². The van der Waals surface area contributed by atoms with Crippen LogP contribution in [0, 0.1) is 5.41 Å². The van der Waals surface area contributed by atoms with Crippen molar-refractivity contribution >= 4 is 0 Å². The van der Waals surface area contributed by atoms with E-state index in [1.165, 1.54) is 25.8 Å². The fourth-order valence-corrected chi connectivity index (χ4v) is 2.83. The Bertz CT molecular complexity index is 208. The third-order valence-corrected chi connectivity index (χ3v) is 3.47. The van der Waals surface area contributed by atoms with Crippen molar-refractivity contribution in [3.05, 3.63) is 0 Å². The summed E-state index contributed by atoms with van der Waals surface area (Å²) in [5, 5.41) is 7.26. The van der Waals surface area contributed by atoms with Crippen LogP contribution in [-0.4, -0.2) is 50.7 Å². The third kappa shape index (κ3) is 6.39. The number of nitrogens with one attached hydrogen (secondary N) is 2. The van der Waals surface area contributed by atoms with Crippen molar-refractivity contribution < 1.29 is 0 Å². The molecule has 1 saturated heterocycles. The molecule has 0 aliphatic carbocycles. The van der Waals surface area contributed by atoms with Gasteiger partial charge in [0.2, 0.25) is 0 Å². The zero-order valence-corrected chi connectivity index (χ0v) is 12.3. The molecule has 0 radical (unpaired) electrons. The van der Waals surface area contributed by atoms with Gasteiger partial charge in [-0.2, -0.15) is 0 Å². The fourth-order valence-electron chi connectivity index (χ4n) is 2.83. The van der Waals surface area contributed by atoms with Gasteiger partial charge in [0, 0.05) is 25.2 Å². The molecule has 0 aromatic heterocycles. The summed E-state index contributed by atoms with van der Waals surface area (Å²) in [4.78, 5) is 2.27. The van der Waals surface area contributed by atoms with Crippen LogP contribution in [0.4, 0.5) is 0 Å². The van der Waals surface area contributed by atoms with Crippen LogP contribution in [0.2, 0.25) is 0 Å². The van der Waals surface area contributed by atoms with E-state index in [1.54, 1.807) is 0 Å². The molecule has 2 atom stereocenters. The molecule has 1 rings (SSSR count). The Balaban J connectivity index is 2.19. The predicted octanol–water partition coefficient (Wildman–Crippen LogP) is 1.69. The minimum atomic E-state index is 0.348. The Labute approximate surface area is 107 Å². The second-order valence-corrected chi connectivity index (χ2v) is 6.71. The van der Waals surface area contributed by atoms with Crippen molar-refractivity contribution in [1.29, 1.82) is 0 Å². The lowest BCUT2D eigenvalue weighted by Crippen LogP contribution is -2.42. The molecule has 3 heteroatoms. The summed E-state index contributed by atoms with van der Waals surface area (Å²) in [5.41, 5.74) is 0.348. The number of hydrogen-bond donors (Lipinski definition) is 2. The van der Waals surface area contributed by atoms with Crippen molar-refractivity contribution in [2.75, 3.05) is 33.7 Å². The first-order valence-corrected chi connectivity index (χ1v) is 7.00. The molecule has 0 aromatic rings. The largest absolute Gasteiger partial charge is 0.314 e. The number of hydrogen-bond acceptors (Lipinski definition) is 3. The highest BCUT2D eigenvalue weighted by atomic mass is 15.1. The molecule has 0 saturated carbocycles. The van der Waals surface area contributed by atoms with Crippen LogP contribution >= 0.6 is 0 Å². The van der Waals surface area contributed by atoms with Gasteiger partial charge in [-0.25, -0.2) is 0 Å². The van der Waals surface area contributed by atoms with E-state index in [2.05, 4.69) is 50.4 Å². The van der Waals surface area contributed by atoms with Crippen LogP contribution in [0.5, 0.6) is 0 Å². The van der Waals surface area contributed by atoms with Crippen molar-refractivity contribution in [3.8, 4) is 0 Å². The zero-order valence-electron chi connectivity index (χ0n) is 12.3. The lowest BCUT2D eigenvalue weighted by atomic mass is 9.92. The summed E-state index contributed by atoms with van der Waals surface area (Å²) in [7, 11) is 4.29. The maximum Gasteiger partial charge on any atom is 0.00822 e. The summed E-state index contributed by atoms with van der Waals surface area (Å²) in [5.74, 6) is 0. The van der Waals surface area contributed by atoms with E-state index < -0.39 is 0 Å². The van der Waals surface area contributed by atoms with E-state index in [1.807, 2.05) is 0 Å². The lowest BCUT2D eigenvalue weighted by molar-refractivity contribution is 0.223. The molecule has 3 nitrogen and oxygen atoms in total. The SMILES string of the molecule is CC(CC1CCCN1)NCC(C)(C)CN(C)C. The predicted molar refractivity (Wildman–Crippen MR) is 75.4 cm³/mol. The monoisotopic (exact) mass is 241 g/mol.